The number of carbonyl (C=O) groups is 2. The van der Waals surface area contributed by atoms with E-state index in [1.807, 2.05) is 19.1 Å². The Morgan fingerprint density at radius 2 is 1.85 bits per heavy atom. The molecule has 0 radical (unpaired) electrons. The third-order valence-electron chi connectivity index (χ3n) is 7.82. The zero-order chi connectivity index (χ0) is 24.4. The van der Waals surface area contributed by atoms with Gasteiger partial charge in [-0.1, -0.05) is 6.92 Å². The predicted octanol–water partition coefficient (Wildman–Crippen LogP) is 3.55. The van der Waals surface area contributed by atoms with Gasteiger partial charge >= 0.3 is 6.03 Å². The topological polar surface area (TPSA) is 102 Å². The average molecular weight is 469 g/mol. The third kappa shape index (κ3) is 5.17. The molecule has 0 aliphatic heterocycles. The van der Waals surface area contributed by atoms with Crippen LogP contribution in [0.2, 0.25) is 0 Å². The number of hydrogen-bond donors (Lipinski definition) is 2. The number of methoxy groups -OCH3 is 1. The van der Waals surface area contributed by atoms with Crippen LogP contribution in [0.25, 0.3) is 10.9 Å². The number of aryl methyl sites for hydroxylation is 2. The van der Waals surface area contributed by atoms with E-state index >= 15 is 0 Å². The van der Waals surface area contributed by atoms with E-state index in [-0.39, 0.29) is 41.4 Å². The maximum absolute atomic E-state index is 13.2. The van der Waals surface area contributed by atoms with Gasteiger partial charge in [0.1, 0.15) is 0 Å². The summed E-state index contributed by atoms with van der Waals surface area (Å²) >= 11 is 0. The quantitative estimate of drug-likeness (QED) is 0.715. The maximum Gasteiger partial charge on any atom is 0.321 e. The van der Waals surface area contributed by atoms with Gasteiger partial charge in [-0.15, -0.1) is 0 Å². The van der Waals surface area contributed by atoms with Gasteiger partial charge in [-0.2, -0.15) is 0 Å². The van der Waals surface area contributed by atoms with Crippen molar-refractivity contribution in [2.24, 2.45) is 18.9 Å². The Labute approximate surface area is 200 Å². The summed E-state index contributed by atoms with van der Waals surface area (Å²) in [5, 5.41) is 6.42. The van der Waals surface area contributed by atoms with Gasteiger partial charge in [-0.25, -0.2) is 4.79 Å². The van der Waals surface area contributed by atoms with Gasteiger partial charge < -0.3 is 14.6 Å². The summed E-state index contributed by atoms with van der Waals surface area (Å²) in [5.74, 6) is -0.318. The minimum Gasteiger partial charge on any atom is -0.381 e. The van der Waals surface area contributed by atoms with Crippen molar-refractivity contribution in [3.05, 3.63) is 39.9 Å². The van der Waals surface area contributed by atoms with Crippen molar-refractivity contribution in [1.29, 1.82) is 0 Å². The van der Waals surface area contributed by atoms with E-state index in [9.17, 15) is 14.4 Å². The normalized spacial score (nSPS) is 27.4. The Bertz CT molecular complexity index is 1120. The van der Waals surface area contributed by atoms with Crippen LogP contribution in [0.1, 0.15) is 69.0 Å². The number of pyridine rings is 2. The number of amides is 3. The van der Waals surface area contributed by atoms with E-state index in [2.05, 4.69) is 22.5 Å². The first kappa shape index (κ1) is 24.4. The van der Waals surface area contributed by atoms with Crippen molar-refractivity contribution in [3.8, 4) is 0 Å². The van der Waals surface area contributed by atoms with E-state index in [1.54, 1.807) is 24.9 Å². The molecule has 2 heterocycles. The molecule has 2 aromatic rings. The fourth-order valence-electron chi connectivity index (χ4n) is 5.63. The zero-order valence-corrected chi connectivity index (χ0v) is 20.6. The average Bonchev–Trinajstić information content (AvgIpc) is 2.82. The van der Waals surface area contributed by atoms with E-state index in [0.29, 0.717) is 12.8 Å². The molecule has 34 heavy (non-hydrogen) atoms. The van der Waals surface area contributed by atoms with Crippen LogP contribution in [0.15, 0.2) is 23.1 Å². The highest BCUT2D eigenvalue weighted by Crippen LogP contribution is 2.40. The zero-order valence-electron chi connectivity index (χ0n) is 20.6. The van der Waals surface area contributed by atoms with Gasteiger partial charge in [-0.3, -0.25) is 19.9 Å². The molecule has 184 valence electrons. The SMILES string of the molecule is COC1CCC(NC(=O)NC(=O)C2CCC(C)C(c3cc4cnc(C)cc4n(C)c3=O)C2)CC1. The molecule has 2 aromatic heterocycles. The van der Waals surface area contributed by atoms with Gasteiger partial charge in [0.2, 0.25) is 5.91 Å². The molecule has 0 aromatic carbocycles. The number of fused-ring (bicyclic) bond motifs is 1. The molecule has 8 nitrogen and oxygen atoms in total. The van der Waals surface area contributed by atoms with Gasteiger partial charge in [0.15, 0.2) is 0 Å². The maximum atomic E-state index is 13.2. The van der Waals surface area contributed by atoms with Crippen LogP contribution in [0.4, 0.5) is 4.79 Å². The summed E-state index contributed by atoms with van der Waals surface area (Å²) in [5.41, 5.74) is 2.42. The summed E-state index contributed by atoms with van der Waals surface area (Å²) in [6.45, 7) is 4.05. The number of hydrogen-bond acceptors (Lipinski definition) is 5. The number of nitrogens with zero attached hydrogens (tertiary/aromatic N) is 2. The number of imide groups is 1. The van der Waals surface area contributed by atoms with Gasteiger partial charge in [0.05, 0.1) is 11.6 Å². The first-order valence-electron chi connectivity index (χ1n) is 12.4. The largest absolute Gasteiger partial charge is 0.381 e. The molecular formula is C26H36N4O4. The summed E-state index contributed by atoms with van der Waals surface area (Å²) in [6, 6.07) is 3.50. The second-order valence-corrected chi connectivity index (χ2v) is 10.1. The van der Waals surface area contributed by atoms with Crippen molar-refractivity contribution >= 4 is 22.8 Å². The number of carbonyl (C=O) groups excluding carboxylic acids is 2. The van der Waals surface area contributed by atoms with Crippen LogP contribution >= 0.6 is 0 Å². The summed E-state index contributed by atoms with van der Waals surface area (Å²) < 4.78 is 7.06. The smallest absolute Gasteiger partial charge is 0.321 e. The molecule has 2 aliphatic rings. The van der Waals surface area contributed by atoms with Crippen molar-refractivity contribution in [2.75, 3.05) is 7.11 Å². The van der Waals surface area contributed by atoms with Crippen LogP contribution < -0.4 is 16.2 Å². The molecule has 2 saturated carbocycles. The molecule has 2 fully saturated rings. The van der Waals surface area contributed by atoms with Crippen LogP contribution in [-0.2, 0) is 16.6 Å². The molecule has 0 saturated heterocycles. The first-order chi connectivity index (χ1) is 16.3. The molecule has 8 heteroatoms. The lowest BCUT2D eigenvalue weighted by atomic mass is 9.71. The Morgan fingerprint density at radius 3 is 2.56 bits per heavy atom. The van der Waals surface area contributed by atoms with E-state index in [4.69, 9.17) is 4.74 Å². The molecule has 2 N–H and O–H groups in total. The highest BCUT2D eigenvalue weighted by Gasteiger charge is 2.35. The van der Waals surface area contributed by atoms with Crippen LogP contribution in [0, 0.1) is 18.8 Å². The van der Waals surface area contributed by atoms with Crippen molar-refractivity contribution in [2.45, 2.75) is 76.9 Å². The number of urea groups is 1. The predicted molar refractivity (Wildman–Crippen MR) is 131 cm³/mol. The standard InChI is InChI=1S/C26H36N4O4/c1-15-5-6-17(24(31)29-26(33)28-19-7-9-20(34-4)10-8-19)12-21(15)22-13-18-14-27-16(2)11-23(18)30(3)25(22)32/h11,13-15,17,19-21H,5-10,12H2,1-4H3,(H2,28,29,31,33). The number of rotatable bonds is 4. The Kier molecular flexibility index (Phi) is 7.36. The fraction of sp³-hybridized carbons (Fsp3) is 0.615. The van der Waals surface area contributed by atoms with Gasteiger partial charge in [0.25, 0.3) is 5.56 Å². The lowest BCUT2D eigenvalue weighted by molar-refractivity contribution is -0.125. The summed E-state index contributed by atoms with van der Waals surface area (Å²) in [7, 11) is 3.50. The second kappa shape index (κ2) is 10.3. The van der Waals surface area contributed by atoms with Crippen LogP contribution in [0.5, 0.6) is 0 Å². The van der Waals surface area contributed by atoms with Crippen LogP contribution in [0.3, 0.4) is 0 Å². The Balaban J connectivity index is 1.43. The van der Waals surface area contributed by atoms with Gasteiger partial charge in [-0.05, 0) is 75.8 Å². The van der Waals surface area contributed by atoms with E-state index in [1.165, 1.54) is 0 Å². The molecule has 0 bridgehead atoms. The molecular weight excluding hydrogens is 432 g/mol. The minimum absolute atomic E-state index is 0.0274. The van der Waals surface area contributed by atoms with E-state index < -0.39 is 6.03 Å². The molecule has 4 rings (SSSR count). The summed E-state index contributed by atoms with van der Waals surface area (Å²) in [4.78, 5) is 43.0. The van der Waals surface area contributed by atoms with Crippen molar-refractivity contribution < 1.29 is 14.3 Å². The fourth-order valence-corrected chi connectivity index (χ4v) is 5.63. The second-order valence-electron chi connectivity index (χ2n) is 10.1. The molecule has 0 spiro atoms. The third-order valence-corrected chi connectivity index (χ3v) is 7.82. The number of ether oxygens (including phenoxy) is 1. The monoisotopic (exact) mass is 468 g/mol. The van der Waals surface area contributed by atoms with E-state index in [0.717, 1.165) is 54.3 Å². The minimum atomic E-state index is -0.427. The first-order valence-corrected chi connectivity index (χ1v) is 12.4. The highest BCUT2D eigenvalue weighted by atomic mass is 16.5. The summed E-state index contributed by atoms with van der Waals surface area (Å²) in [6.07, 6.45) is 7.68. The molecule has 3 amide bonds. The molecule has 3 atom stereocenters. The van der Waals surface area contributed by atoms with Crippen molar-refractivity contribution in [3.63, 3.8) is 0 Å². The highest BCUT2D eigenvalue weighted by molar-refractivity contribution is 5.95. The lowest BCUT2D eigenvalue weighted by Crippen LogP contribution is -2.48. The Morgan fingerprint density at radius 1 is 1.12 bits per heavy atom. The van der Waals surface area contributed by atoms with Crippen molar-refractivity contribution in [1.82, 2.24) is 20.2 Å². The molecule has 2 aliphatic carbocycles. The molecule has 3 unspecified atom stereocenters. The van der Waals surface area contributed by atoms with Gasteiger partial charge in [0, 0.05) is 49.0 Å². The van der Waals surface area contributed by atoms with Crippen LogP contribution in [-0.4, -0.2) is 40.7 Å². The number of nitrogens with one attached hydrogen (secondary N) is 2. The number of aromatic nitrogens is 2. The Hall–Kier alpha value is -2.74. The lowest BCUT2D eigenvalue weighted by Gasteiger charge is -2.34.